The average Bonchev–Trinajstić information content (AvgIpc) is 2.65. The van der Waals surface area contributed by atoms with Gasteiger partial charge in [-0.25, -0.2) is 0 Å². The molecule has 0 N–H and O–H groups in total. The predicted molar refractivity (Wildman–Crippen MR) is 110 cm³/mol. The summed E-state index contributed by atoms with van der Waals surface area (Å²) in [5, 5.41) is 0. The Labute approximate surface area is 184 Å². The lowest BCUT2D eigenvalue weighted by atomic mass is 9.91. The van der Waals surface area contributed by atoms with Crippen LogP contribution >= 0.6 is 0 Å². The van der Waals surface area contributed by atoms with Crippen LogP contribution in [0.25, 0.3) is 0 Å². The van der Waals surface area contributed by atoms with E-state index < -0.39 is 0 Å². The first kappa shape index (κ1) is 23.4. The molecule has 2 rings (SSSR count). The summed E-state index contributed by atoms with van der Waals surface area (Å²) in [6, 6.07) is 15.9. The van der Waals surface area contributed by atoms with Gasteiger partial charge in [-0.3, -0.25) is 9.59 Å². The first-order valence-corrected chi connectivity index (χ1v) is 11.8. The molecule has 0 saturated heterocycles. The Kier molecular flexibility index (Phi) is 7.86. The minimum absolute atomic E-state index is 0.0838. The van der Waals surface area contributed by atoms with E-state index in [4.69, 9.17) is 9.47 Å². The Hall–Kier alpha value is -1.89. The molecule has 29 heavy (non-hydrogen) atoms. The van der Waals surface area contributed by atoms with Gasteiger partial charge in [0, 0.05) is 10.8 Å². The number of hydrogen-bond acceptors (Lipinski definition) is 4. The average molecular weight is 509 g/mol. The highest BCUT2D eigenvalue weighted by molar-refractivity contribution is 5.85. The van der Waals surface area contributed by atoms with Crippen molar-refractivity contribution in [3.05, 3.63) is 55.7 Å². The van der Waals surface area contributed by atoms with Crippen LogP contribution in [-0.2, 0) is 9.59 Å². The van der Waals surface area contributed by atoms with Crippen molar-refractivity contribution >= 4 is 11.6 Å². The minimum atomic E-state index is -0.388. The monoisotopic (exact) mass is 509 g/mol. The second-order valence-electron chi connectivity index (χ2n) is 8.93. The van der Waals surface area contributed by atoms with E-state index in [9.17, 15) is 9.59 Å². The van der Waals surface area contributed by atoms with E-state index >= 15 is 0 Å². The molecule has 0 amide bonds. The van der Waals surface area contributed by atoms with Gasteiger partial charge in [0.2, 0.25) is 0 Å². The molecule has 2 aromatic carbocycles. The van der Waals surface area contributed by atoms with E-state index in [-0.39, 0.29) is 56.8 Å². The fraction of sp³-hybridized carbons (Fsp3) is 0.417. The lowest BCUT2D eigenvalue weighted by Crippen LogP contribution is -3.61. The highest BCUT2D eigenvalue weighted by atomic mass is 127. The van der Waals surface area contributed by atoms with Crippen molar-refractivity contribution in [3.8, 4) is 11.5 Å². The molecule has 0 heterocycles. The highest BCUT2D eigenvalue weighted by Crippen LogP contribution is 2.17. The fourth-order valence-corrected chi connectivity index (χ4v) is 4.20. The summed E-state index contributed by atoms with van der Waals surface area (Å²) in [6.45, 7) is 11.6. The molecule has 0 aliphatic carbocycles. The van der Waals surface area contributed by atoms with Crippen molar-refractivity contribution in [2.24, 2.45) is 10.8 Å². The Bertz CT molecular complexity index is 754. The van der Waals surface area contributed by atoms with E-state index in [0.717, 1.165) is 0 Å². The van der Waals surface area contributed by atoms with Crippen LogP contribution in [-0.4, -0.2) is 24.8 Å². The zero-order valence-corrected chi connectivity index (χ0v) is 20.2. The van der Waals surface area contributed by atoms with Gasteiger partial charge in [0.05, 0.1) is 0 Å². The molecular formula is C24H30IO4+. The lowest BCUT2D eigenvalue weighted by Gasteiger charge is -2.16. The van der Waals surface area contributed by atoms with Gasteiger partial charge in [-0.15, -0.1) is 0 Å². The number of hydrogen-bond donors (Lipinski definition) is 0. The Morgan fingerprint density at radius 3 is 1.24 bits per heavy atom. The number of ketones is 2. The van der Waals surface area contributed by atoms with E-state index in [2.05, 4.69) is 24.3 Å². The molecule has 4 nitrogen and oxygen atoms in total. The van der Waals surface area contributed by atoms with Gasteiger partial charge in [0.25, 0.3) is 0 Å². The standard InChI is InChI=1S/C24H30IO4/c1-23(2,3)21(26)15-28-19-11-7-17(8-12-19)25-18-9-13-20(14-10-18)29-16-22(27)24(4,5)6/h7-14H,15-16H2,1-6H3/q+1. The van der Waals surface area contributed by atoms with Crippen LogP contribution in [0.2, 0.25) is 0 Å². The molecule has 0 aliphatic heterocycles. The van der Waals surface area contributed by atoms with Crippen LogP contribution in [0.15, 0.2) is 48.5 Å². The van der Waals surface area contributed by atoms with Crippen LogP contribution < -0.4 is 30.7 Å². The number of ether oxygens (including phenoxy) is 2. The third-order valence-corrected chi connectivity index (χ3v) is 6.94. The minimum Gasteiger partial charge on any atom is -0.486 e. The molecule has 5 heteroatoms. The molecule has 0 spiro atoms. The molecule has 0 radical (unpaired) electrons. The summed E-state index contributed by atoms with van der Waals surface area (Å²) < 4.78 is 13.7. The highest BCUT2D eigenvalue weighted by Gasteiger charge is 2.23. The van der Waals surface area contributed by atoms with Gasteiger partial charge < -0.3 is 9.47 Å². The molecule has 0 atom stereocenters. The molecular weight excluding hydrogens is 479 g/mol. The molecule has 0 aliphatic rings. The zero-order chi connectivity index (χ0) is 21.7. The maximum atomic E-state index is 12.0. The van der Waals surface area contributed by atoms with Crippen molar-refractivity contribution in [3.63, 3.8) is 0 Å². The van der Waals surface area contributed by atoms with Crippen LogP contribution in [0.1, 0.15) is 41.5 Å². The maximum Gasteiger partial charge on any atom is 0.357 e. The third kappa shape index (κ3) is 7.80. The molecule has 0 fully saturated rings. The van der Waals surface area contributed by atoms with Crippen molar-refractivity contribution in [2.45, 2.75) is 41.5 Å². The molecule has 0 saturated carbocycles. The van der Waals surface area contributed by atoms with Crippen molar-refractivity contribution in [1.82, 2.24) is 0 Å². The van der Waals surface area contributed by atoms with E-state index in [1.807, 2.05) is 65.8 Å². The zero-order valence-electron chi connectivity index (χ0n) is 18.0. The second-order valence-corrected chi connectivity index (χ2v) is 12.0. The Morgan fingerprint density at radius 1 is 0.655 bits per heavy atom. The lowest BCUT2D eigenvalue weighted by molar-refractivity contribution is -0.597. The fourth-order valence-electron chi connectivity index (χ4n) is 2.04. The van der Waals surface area contributed by atoms with E-state index in [1.54, 1.807) is 0 Å². The second kappa shape index (κ2) is 9.74. The van der Waals surface area contributed by atoms with Crippen molar-refractivity contribution in [2.75, 3.05) is 13.2 Å². The Morgan fingerprint density at radius 2 is 0.966 bits per heavy atom. The number of carbonyl (C=O) groups excluding carboxylic acids is 2. The first-order valence-electron chi connectivity index (χ1n) is 9.62. The summed E-state index contributed by atoms with van der Waals surface area (Å²) >= 11 is -0.325. The number of benzene rings is 2. The summed E-state index contributed by atoms with van der Waals surface area (Å²) in [6.07, 6.45) is 0. The van der Waals surface area contributed by atoms with E-state index in [0.29, 0.717) is 11.5 Å². The molecule has 2 aromatic rings. The quantitative estimate of drug-likeness (QED) is 0.510. The summed E-state index contributed by atoms with van der Waals surface area (Å²) in [7, 11) is 0. The van der Waals surface area contributed by atoms with Crippen LogP contribution in [0.5, 0.6) is 11.5 Å². The smallest absolute Gasteiger partial charge is 0.357 e. The van der Waals surface area contributed by atoms with Crippen molar-refractivity contribution < 1.29 is 40.3 Å². The van der Waals surface area contributed by atoms with Gasteiger partial charge in [0.15, 0.2) is 18.7 Å². The first-order chi connectivity index (χ1) is 13.4. The van der Waals surface area contributed by atoms with Gasteiger partial charge in [0.1, 0.15) is 24.7 Å². The van der Waals surface area contributed by atoms with E-state index in [1.165, 1.54) is 7.14 Å². The molecule has 156 valence electrons. The molecule has 0 bridgehead atoms. The number of halogens is 1. The van der Waals surface area contributed by atoms with Gasteiger partial charge in [-0.1, -0.05) is 41.5 Å². The van der Waals surface area contributed by atoms with Gasteiger partial charge in [-0.2, -0.15) is 0 Å². The van der Waals surface area contributed by atoms with Crippen LogP contribution in [0, 0.1) is 18.0 Å². The molecule has 0 aromatic heterocycles. The summed E-state index contributed by atoms with van der Waals surface area (Å²) in [4.78, 5) is 23.9. The van der Waals surface area contributed by atoms with Crippen LogP contribution in [0.4, 0.5) is 0 Å². The predicted octanol–water partition coefficient (Wildman–Crippen LogP) is 1.80. The Balaban J connectivity index is 1.87. The maximum absolute atomic E-state index is 12.0. The number of Topliss-reactive ketones (excluding diaryl/α,β-unsaturated/α-hetero) is 2. The van der Waals surface area contributed by atoms with Crippen molar-refractivity contribution in [1.29, 1.82) is 0 Å². The largest absolute Gasteiger partial charge is 0.486 e. The number of carbonyl (C=O) groups is 2. The summed E-state index contributed by atoms with van der Waals surface area (Å²) in [5.74, 6) is 1.59. The topological polar surface area (TPSA) is 52.6 Å². The number of rotatable bonds is 8. The summed E-state index contributed by atoms with van der Waals surface area (Å²) in [5.41, 5.74) is -0.775. The third-order valence-electron chi connectivity index (χ3n) is 4.26. The van der Waals surface area contributed by atoms with Crippen LogP contribution in [0.3, 0.4) is 0 Å². The molecule has 0 unspecified atom stereocenters. The van der Waals surface area contributed by atoms with Gasteiger partial charge >= 0.3 is 21.2 Å². The normalized spacial score (nSPS) is 11.8. The van der Waals surface area contributed by atoms with Gasteiger partial charge in [-0.05, 0) is 48.5 Å². The SMILES string of the molecule is CC(C)(C)C(=O)COc1ccc([I+]c2ccc(OCC(=O)C(C)(C)C)cc2)cc1.